The fraction of sp³-hybridized carbons (Fsp3) is 0.267. The van der Waals surface area contributed by atoms with Crippen molar-refractivity contribution in [3.05, 3.63) is 57.8 Å². The van der Waals surface area contributed by atoms with Gasteiger partial charge in [0.15, 0.2) is 5.78 Å². The Kier molecular flexibility index (Phi) is 3.98. The second-order valence-corrected chi connectivity index (χ2v) is 4.62. The molecule has 20 heavy (non-hydrogen) atoms. The predicted octanol–water partition coefficient (Wildman–Crippen LogP) is 1.75. The molecule has 0 radical (unpaired) electrons. The molecule has 0 N–H and O–H groups in total. The minimum absolute atomic E-state index is 0.0501. The third-order valence-electron chi connectivity index (χ3n) is 2.99. The molecule has 5 heteroatoms. The number of Topliss-reactive ketones (excluding diaryl/α,β-unsaturated/α-hetero) is 1. The van der Waals surface area contributed by atoms with Crippen LogP contribution < -0.4 is 10.3 Å². The van der Waals surface area contributed by atoms with Gasteiger partial charge in [-0.25, -0.2) is 4.98 Å². The lowest BCUT2D eigenvalue weighted by Gasteiger charge is -2.09. The van der Waals surface area contributed by atoms with E-state index in [4.69, 9.17) is 4.74 Å². The summed E-state index contributed by atoms with van der Waals surface area (Å²) in [5.41, 5.74) is 1.86. The lowest BCUT2D eigenvalue weighted by molar-refractivity contribution is 0.0967. The fourth-order valence-electron chi connectivity index (χ4n) is 1.90. The number of hydrogen-bond donors (Lipinski definition) is 0. The van der Waals surface area contributed by atoms with Gasteiger partial charge in [0.05, 0.1) is 25.5 Å². The highest BCUT2D eigenvalue weighted by atomic mass is 16.5. The van der Waals surface area contributed by atoms with Gasteiger partial charge in [-0.1, -0.05) is 6.07 Å². The third-order valence-corrected chi connectivity index (χ3v) is 2.99. The monoisotopic (exact) mass is 272 g/mol. The molecule has 0 saturated carbocycles. The van der Waals surface area contributed by atoms with Crippen LogP contribution in [-0.4, -0.2) is 22.4 Å². The molecule has 0 aliphatic rings. The Hall–Kier alpha value is -2.43. The molecule has 0 aliphatic heterocycles. The number of rotatable bonds is 4. The number of aryl methyl sites for hydroxylation is 2. The van der Waals surface area contributed by atoms with Crippen molar-refractivity contribution in [3.8, 4) is 5.75 Å². The van der Waals surface area contributed by atoms with Crippen LogP contribution in [0.3, 0.4) is 0 Å². The third kappa shape index (κ3) is 2.93. The molecule has 0 unspecified atom stereocenters. The number of aromatic nitrogens is 2. The Labute approximate surface area is 116 Å². The maximum Gasteiger partial charge on any atom is 0.253 e. The number of nitrogens with zero attached hydrogens (tertiary/aromatic N) is 2. The highest BCUT2D eigenvalue weighted by Gasteiger charge is 2.13. The van der Waals surface area contributed by atoms with Crippen molar-refractivity contribution in [1.29, 1.82) is 0 Å². The first kappa shape index (κ1) is 14.0. The van der Waals surface area contributed by atoms with Gasteiger partial charge < -0.3 is 4.74 Å². The van der Waals surface area contributed by atoms with E-state index >= 15 is 0 Å². The largest absolute Gasteiger partial charge is 0.496 e. The number of methoxy groups -OCH3 is 1. The highest BCUT2D eigenvalue weighted by Crippen LogP contribution is 2.20. The number of carbonyl (C=O) groups excluding carboxylic acids is 1. The molecule has 0 fully saturated rings. The molecule has 1 aromatic heterocycles. The smallest absolute Gasteiger partial charge is 0.253 e. The van der Waals surface area contributed by atoms with E-state index in [1.165, 1.54) is 24.1 Å². The summed E-state index contributed by atoms with van der Waals surface area (Å²) in [6, 6.07) is 6.75. The number of carbonyl (C=O) groups is 1. The van der Waals surface area contributed by atoms with E-state index in [2.05, 4.69) is 4.98 Å². The van der Waals surface area contributed by atoms with Crippen LogP contribution in [-0.2, 0) is 6.54 Å². The van der Waals surface area contributed by atoms with Gasteiger partial charge in [-0.15, -0.1) is 0 Å². The van der Waals surface area contributed by atoms with Crippen LogP contribution in [0.4, 0.5) is 0 Å². The molecule has 1 aromatic carbocycles. The predicted molar refractivity (Wildman–Crippen MR) is 75.3 cm³/mol. The average Bonchev–Trinajstić information content (AvgIpc) is 2.41. The summed E-state index contributed by atoms with van der Waals surface area (Å²) in [6.45, 7) is 3.60. The first-order chi connectivity index (χ1) is 9.51. The quantitative estimate of drug-likeness (QED) is 0.796. The Balaban J connectivity index is 2.30. The molecule has 0 amide bonds. The second-order valence-electron chi connectivity index (χ2n) is 4.62. The van der Waals surface area contributed by atoms with Crippen molar-refractivity contribution in [2.75, 3.05) is 7.11 Å². The van der Waals surface area contributed by atoms with E-state index in [9.17, 15) is 9.59 Å². The van der Waals surface area contributed by atoms with Crippen LogP contribution in [0.25, 0.3) is 0 Å². The van der Waals surface area contributed by atoms with Gasteiger partial charge in [-0.2, -0.15) is 0 Å². The van der Waals surface area contributed by atoms with Crippen molar-refractivity contribution < 1.29 is 9.53 Å². The normalized spacial score (nSPS) is 10.3. The van der Waals surface area contributed by atoms with Gasteiger partial charge in [0.25, 0.3) is 5.56 Å². The van der Waals surface area contributed by atoms with Crippen molar-refractivity contribution in [2.24, 2.45) is 0 Å². The zero-order chi connectivity index (χ0) is 14.7. The molecule has 2 aromatic rings. The van der Waals surface area contributed by atoms with Crippen LogP contribution in [0.15, 0.2) is 35.4 Å². The van der Waals surface area contributed by atoms with Gasteiger partial charge in [-0.05, 0) is 31.5 Å². The average molecular weight is 272 g/mol. The lowest BCUT2D eigenvalue weighted by atomic mass is 10.1. The number of ketones is 1. The summed E-state index contributed by atoms with van der Waals surface area (Å²) in [6.07, 6.45) is 1.39. The zero-order valence-corrected chi connectivity index (χ0v) is 11.7. The molecule has 0 bridgehead atoms. The molecule has 0 saturated heterocycles. The number of benzene rings is 1. The Morgan fingerprint density at radius 2 is 2.05 bits per heavy atom. The summed E-state index contributed by atoms with van der Waals surface area (Å²) in [5.74, 6) is 0.331. The van der Waals surface area contributed by atoms with Crippen molar-refractivity contribution in [2.45, 2.75) is 20.4 Å². The summed E-state index contributed by atoms with van der Waals surface area (Å²) >= 11 is 0. The van der Waals surface area contributed by atoms with Gasteiger partial charge in [0.1, 0.15) is 5.75 Å². The molecule has 0 spiro atoms. The van der Waals surface area contributed by atoms with E-state index < -0.39 is 0 Å². The molecular weight excluding hydrogens is 256 g/mol. The van der Waals surface area contributed by atoms with Gasteiger partial charge in [-0.3, -0.25) is 14.2 Å². The van der Waals surface area contributed by atoms with Gasteiger partial charge in [0, 0.05) is 11.8 Å². The molecule has 5 nitrogen and oxygen atoms in total. The maximum absolute atomic E-state index is 12.3. The molecular formula is C15H16N2O3. The lowest BCUT2D eigenvalue weighted by Crippen LogP contribution is -2.24. The summed E-state index contributed by atoms with van der Waals surface area (Å²) < 4.78 is 6.50. The topological polar surface area (TPSA) is 61.2 Å². The molecule has 104 valence electrons. The summed E-state index contributed by atoms with van der Waals surface area (Å²) in [7, 11) is 1.52. The first-order valence-corrected chi connectivity index (χ1v) is 6.22. The SMILES string of the molecule is COc1cc(C)ccc1C(=O)Cn1cnc(C)cc1=O. The molecule has 2 rings (SSSR count). The number of hydrogen-bond acceptors (Lipinski definition) is 4. The summed E-state index contributed by atoms with van der Waals surface area (Å²) in [5, 5.41) is 0. The van der Waals surface area contributed by atoms with E-state index in [-0.39, 0.29) is 17.9 Å². The number of ether oxygens (including phenoxy) is 1. The highest BCUT2D eigenvalue weighted by molar-refractivity contribution is 5.98. The van der Waals surface area contributed by atoms with E-state index in [1.54, 1.807) is 19.1 Å². The standard InChI is InChI=1S/C15H16N2O3/c1-10-4-5-12(14(6-10)20-3)13(18)8-17-9-16-11(2)7-15(17)19/h4-7,9H,8H2,1-3H3. The van der Waals surface area contributed by atoms with Crippen LogP contribution in [0.5, 0.6) is 5.75 Å². The van der Waals surface area contributed by atoms with Gasteiger partial charge in [0.2, 0.25) is 0 Å². The molecule has 0 aliphatic carbocycles. The summed E-state index contributed by atoms with van der Waals surface area (Å²) in [4.78, 5) is 28.1. The van der Waals surface area contributed by atoms with Crippen LogP contribution >= 0.6 is 0 Å². The van der Waals surface area contributed by atoms with Crippen molar-refractivity contribution >= 4 is 5.78 Å². The Morgan fingerprint density at radius 1 is 1.30 bits per heavy atom. The second kappa shape index (κ2) is 5.69. The van der Waals surface area contributed by atoms with Gasteiger partial charge >= 0.3 is 0 Å². The van der Waals surface area contributed by atoms with E-state index in [0.29, 0.717) is 17.0 Å². The Bertz CT molecular complexity index is 705. The van der Waals surface area contributed by atoms with Crippen LogP contribution in [0, 0.1) is 13.8 Å². The Morgan fingerprint density at radius 3 is 2.70 bits per heavy atom. The van der Waals surface area contributed by atoms with Crippen LogP contribution in [0.2, 0.25) is 0 Å². The maximum atomic E-state index is 12.3. The minimum Gasteiger partial charge on any atom is -0.496 e. The fourth-order valence-corrected chi connectivity index (χ4v) is 1.90. The van der Waals surface area contributed by atoms with Crippen LogP contribution in [0.1, 0.15) is 21.6 Å². The van der Waals surface area contributed by atoms with E-state index in [1.807, 2.05) is 13.0 Å². The minimum atomic E-state index is -0.239. The van der Waals surface area contributed by atoms with E-state index in [0.717, 1.165) is 5.56 Å². The molecule has 1 heterocycles. The van der Waals surface area contributed by atoms with Crippen molar-refractivity contribution in [1.82, 2.24) is 9.55 Å². The first-order valence-electron chi connectivity index (χ1n) is 6.22. The molecule has 0 atom stereocenters. The zero-order valence-electron chi connectivity index (χ0n) is 11.7. The van der Waals surface area contributed by atoms with Crippen molar-refractivity contribution in [3.63, 3.8) is 0 Å².